The van der Waals surface area contributed by atoms with E-state index in [1.807, 2.05) is 0 Å². The van der Waals surface area contributed by atoms with Crippen molar-refractivity contribution in [2.75, 3.05) is 19.7 Å². The van der Waals surface area contributed by atoms with Crippen molar-refractivity contribution in [2.45, 2.75) is 6.42 Å². The van der Waals surface area contributed by atoms with E-state index in [1.54, 1.807) is 23.1 Å². The van der Waals surface area contributed by atoms with Crippen molar-refractivity contribution in [1.29, 1.82) is 0 Å². The van der Waals surface area contributed by atoms with E-state index in [2.05, 4.69) is 15.9 Å². The van der Waals surface area contributed by atoms with E-state index in [-0.39, 0.29) is 18.4 Å². The maximum Gasteiger partial charge on any atom is 0.255 e. The van der Waals surface area contributed by atoms with Crippen molar-refractivity contribution >= 4 is 33.4 Å². The van der Waals surface area contributed by atoms with Crippen LogP contribution >= 0.6 is 27.5 Å². The van der Waals surface area contributed by atoms with Crippen LogP contribution in [-0.4, -0.2) is 35.6 Å². The molecule has 1 unspecified atom stereocenters. The van der Waals surface area contributed by atoms with Gasteiger partial charge in [-0.1, -0.05) is 11.6 Å². The molecule has 1 saturated heterocycles. The number of carbonyl (C=O) groups is 1. The second-order valence-corrected chi connectivity index (χ2v) is 5.50. The number of likely N-dealkylation sites (tertiary alicyclic amines) is 1. The van der Waals surface area contributed by atoms with Gasteiger partial charge in [0.2, 0.25) is 0 Å². The largest absolute Gasteiger partial charge is 0.396 e. The number of aliphatic hydroxyl groups excluding tert-OH is 1. The number of benzene rings is 1. The zero-order valence-electron chi connectivity index (χ0n) is 9.20. The molecule has 1 N–H and O–H groups in total. The Morgan fingerprint density at radius 3 is 3.00 bits per heavy atom. The van der Waals surface area contributed by atoms with Gasteiger partial charge in [-0.05, 0) is 40.5 Å². The van der Waals surface area contributed by atoms with E-state index in [4.69, 9.17) is 16.7 Å². The average molecular weight is 319 g/mol. The molecule has 2 rings (SSSR count). The Labute approximate surface area is 114 Å². The van der Waals surface area contributed by atoms with Crippen LogP contribution in [0.5, 0.6) is 0 Å². The Morgan fingerprint density at radius 2 is 2.35 bits per heavy atom. The first-order valence-corrected chi connectivity index (χ1v) is 6.64. The fraction of sp³-hybridized carbons (Fsp3) is 0.417. The first kappa shape index (κ1) is 12.9. The molecule has 0 spiro atoms. The van der Waals surface area contributed by atoms with Crippen molar-refractivity contribution in [3.63, 3.8) is 0 Å². The number of hydrogen-bond acceptors (Lipinski definition) is 2. The minimum absolute atomic E-state index is 0.0321. The van der Waals surface area contributed by atoms with Gasteiger partial charge < -0.3 is 10.0 Å². The first-order valence-electron chi connectivity index (χ1n) is 5.47. The monoisotopic (exact) mass is 317 g/mol. The number of halogens is 2. The summed E-state index contributed by atoms with van der Waals surface area (Å²) in [5.41, 5.74) is 0.580. The summed E-state index contributed by atoms with van der Waals surface area (Å²) in [5.74, 6) is 0.173. The highest BCUT2D eigenvalue weighted by atomic mass is 79.9. The molecular weight excluding hydrogens is 305 g/mol. The predicted octanol–water partition coefficient (Wildman–Crippen LogP) is 2.56. The first-order chi connectivity index (χ1) is 8.11. The van der Waals surface area contributed by atoms with Gasteiger partial charge in [0, 0.05) is 35.1 Å². The molecule has 0 aliphatic carbocycles. The van der Waals surface area contributed by atoms with Crippen LogP contribution in [0.25, 0.3) is 0 Å². The van der Waals surface area contributed by atoms with Crippen LogP contribution in [0.2, 0.25) is 5.02 Å². The highest BCUT2D eigenvalue weighted by Crippen LogP contribution is 2.25. The SMILES string of the molecule is O=C(c1cc(Cl)ccc1Br)N1CCC(CO)C1. The van der Waals surface area contributed by atoms with Crippen molar-refractivity contribution < 1.29 is 9.90 Å². The zero-order chi connectivity index (χ0) is 12.4. The average Bonchev–Trinajstić information content (AvgIpc) is 2.80. The molecule has 1 atom stereocenters. The molecular formula is C12H13BrClNO2. The van der Waals surface area contributed by atoms with Crippen LogP contribution in [0.15, 0.2) is 22.7 Å². The molecule has 0 aromatic heterocycles. The van der Waals surface area contributed by atoms with E-state index < -0.39 is 0 Å². The Hall–Kier alpha value is -0.580. The van der Waals surface area contributed by atoms with E-state index in [9.17, 15) is 4.79 Å². The summed E-state index contributed by atoms with van der Waals surface area (Å²) >= 11 is 9.25. The van der Waals surface area contributed by atoms with Gasteiger partial charge in [-0.15, -0.1) is 0 Å². The van der Waals surface area contributed by atoms with Crippen molar-refractivity contribution in [3.05, 3.63) is 33.3 Å². The van der Waals surface area contributed by atoms with Crippen LogP contribution in [-0.2, 0) is 0 Å². The second kappa shape index (κ2) is 5.38. The van der Waals surface area contributed by atoms with Crippen molar-refractivity contribution in [3.8, 4) is 0 Å². The number of rotatable bonds is 2. The van der Waals surface area contributed by atoms with Crippen LogP contribution in [0.3, 0.4) is 0 Å². The Balaban J connectivity index is 2.17. The van der Waals surface area contributed by atoms with Crippen LogP contribution in [0.4, 0.5) is 0 Å². The third kappa shape index (κ3) is 2.81. The topological polar surface area (TPSA) is 40.5 Å². The third-order valence-corrected chi connectivity index (χ3v) is 3.92. The van der Waals surface area contributed by atoms with E-state index >= 15 is 0 Å². The summed E-state index contributed by atoms with van der Waals surface area (Å²) < 4.78 is 0.749. The van der Waals surface area contributed by atoms with Crippen LogP contribution < -0.4 is 0 Å². The van der Waals surface area contributed by atoms with Gasteiger partial charge in [0.05, 0.1) is 5.56 Å². The lowest BCUT2D eigenvalue weighted by Crippen LogP contribution is -2.29. The molecule has 3 nitrogen and oxygen atoms in total. The molecule has 1 amide bonds. The van der Waals surface area contributed by atoms with Crippen molar-refractivity contribution in [1.82, 2.24) is 4.90 Å². The quantitative estimate of drug-likeness (QED) is 0.910. The van der Waals surface area contributed by atoms with Gasteiger partial charge in [0.25, 0.3) is 5.91 Å². The highest BCUT2D eigenvalue weighted by Gasteiger charge is 2.27. The Kier molecular flexibility index (Phi) is 4.07. The zero-order valence-corrected chi connectivity index (χ0v) is 11.5. The molecule has 0 bridgehead atoms. The minimum Gasteiger partial charge on any atom is -0.396 e. The molecule has 1 aromatic rings. The summed E-state index contributed by atoms with van der Waals surface area (Å²) in [5, 5.41) is 9.62. The van der Waals surface area contributed by atoms with Gasteiger partial charge >= 0.3 is 0 Å². The lowest BCUT2D eigenvalue weighted by atomic mass is 10.1. The van der Waals surface area contributed by atoms with Gasteiger partial charge in [0.1, 0.15) is 0 Å². The molecule has 1 aromatic carbocycles. The van der Waals surface area contributed by atoms with E-state index in [0.717, 1.165) is 10.9 Å². The Bertz CT molecular complexity index is 439. The van der Waals surface area contributed by atoms with Gasteiger partial charge in [-0.2, -0.15) is 0 Å². The maximum atomic E-state index is 12.2. The lowest BCUT2D eigenvalue weighted by molar-refractivity contribution is 0.0781. The smallest absolute Gasteiger partial charge is 0.255 e. The highest BCUT2D eigenvalue weighted by molar-refractivity contribution is 9.10. The molecule has 5 heteroatoms. The fourth-order valence-electron chi connectivity index (χ4n) is 2.00. The minimum atomic E-state index is -0.0321. The molecule has 1 heterocycles. The van der Waals surface area contributed by atoms with Crippen molar-refractivity contribution in [2.24, 2.45) is 5.92 Å². The van der Waals surface area contributed by atoms with Gasteiger partial charge in [-0.25, -0.2) is 0 Å². The number of amides is 1. The standard InChI is InChI=1S/C12H13BrClNO2/c13-11-2-1-9(14)5-10(11)12(17)15-4-3-8(6-15)7-16/h1-2,5,8,16H,3-4,6-7H2. The van der Waals surface area contributed by atoms with Crippen LogP contribution in [0, 0.1) is 5.92 Å². The third-order valence-electron chi connectivity index (χ3n) is 2.99. The van der Waals surface area contributed by atoms with Crippen LogP contribution in [0.1, 0.15) is 16.8 Å². The summed E-state index contributed by atoms with van der Waals surface area (Å²) in [7, 11) is 0. The number of carbonyl (C=O) groups excluding carboxylic acids is 1. The van der Waals surface area contributed by atoms with E-state index in [0.29, 0.717) is 23.7 Å². The number of aliphatic hydroxyl groups is 1. The van der Waals surface area contributed by atoms with Gasteiger partial charge in [-0.3, -0.25) is 4.79 Å². The normalized spacial score (nSPS) is 19.7. The predicted molar refractivity (Wildman–Crippen MR) is 70.2 cm³/mol. The second-order valence-electron chi connectivity index (χ2n) is 4.21. The fourth-order valence-corrected chi connectivity index (χ4v) is 2.59. The molecule has 0 radical (unpaired) electrons. The van der Waals surface area contributed by atoms with Gasteiger partial charge in [0.15, 0.2) is 0 Å². The summed E-state index contributed by atoms with van der Waals surface area (Å²) in [4.78, 5) is 14.0. The number of hydrogen-bond donors (Lipinski definition) is 1. The number of nitrogens with zero attached hydrogens (tertiary/aromatic N) is 1. The molecule has 92 valence electrons. The molecule has 1 aliphatic heterocycles. The molecule has 1 aliphatic rings. The van der Waals surface area contributed by atoms with E-state index in [1.165, 1.54) is 0 Å². The summed E-state index contributed by atoms with van der Waals surface area (Å²) in [6.07, 6.45) is 0.862. The molecule has 17 heavy (non-hydrogen) atoms. The summed E-state index contributed by atoms with van der Waals surface area (Å²) in [6, 6.07) is 5.18. The molecule has 0 saturated carbocycles. The Morgan fingerprint density at radius 1 is 1.59 bits per heavy atom. The maximum absolute atomic E-state index is 12.2. The molecule has 1 fully saturated rings. The lowest BCUT2D eigenvalue weighted by Gasteiger charge is -2.17. The summed E-state index contributed by atoms with van der Waals surface area (Å²) in [6.45, 7) is 1.46.